The van der Waals surface area contributed by atoms with Crippen molar-refractivity contribution in [3.05, 3.63) is 119 Å². The number of halogens is 5. The van der Waals surface area contributed by atoms with Crippen molar-refractivity contribution in [1.29, 1.82) is 0 Å². The van der Waals surface area contributed by atoms with E-state index in [1.165, 1.54) is 6.21 Å². The summed E-state index contributed by atoms with van der Waals surface area (Å²) in [6.45, 7) is 1.93. The highest BCUT2D eigenvalue weighted by molar-refractivity contribution is 9.11. The summed E-state index contributed by atoms with van der Waals surface area (Å²) in [6.07, 6.45) is 1.38. The largest absolute Gasteiger partial charge is 0.421 e. The Bertz CT molecular complexity index is 1850. The predicted molar refractivity (Wildman–Crippen MR) is 172 cm³/mol. The Morgan fingerprint density at radius 1 is 0.951 bits per heavy atom. The van der Waals surface area contributed by atoms with Gasteiger partial charge in [0.15, 0.2) is 5.75 Å². The number of ether oxygens (including phenoxy) is 1. The van der Waals surface area contributed by atoms with Gasteiger partial charge in [0.2, 0.25) is 0 Å². The highest BCUT2D eigenvalue weighted by atomic mass is 79.9. The van der Waals surface area contributed by atoms with E-state index < -0.39 is 11.9 Å². The van der Waals surface area contributed by atoms with E-state index in [9.17, 15) is 9.59 Å². The molecule has 206 valence electrons. The van der Waals surface area contributed by atoms with Crippen molar-refractivity contribution in [2.75, 3.05) is 0 Å². The number of carbonyl (C=O) groups is 2. The monoisotopic (exact) mass is 731 g/mol. The third-order valence-corrected chi connectivity index (χ3v) is 7.97. The first-order chi connectivity index (χ1) is 19.6. The summed E-state index contributed by atoms with van der Waals surface area (Å²) in [7, 11) is 0. The van der Waals surface area contributed by atoms with Crippen LogP contribution in [0, 0.1) is 6.92 Å². The number of H-pyrrole nitrogens is 1. The van der Waals surface area contributed by atoms with Crippen molar-refractivity contribution < 1.29 is 14.3 Å². The zero-order chi connectivity index (χ0) is 29.3. The van der Waals surface area contributed by atoms with Crippen molar-refractivity contribution >= 4 is 95.7 Å². The smallest absolute Gasteiger partial charge is 0.343 e. The van der Waals surface area contributed by atoms with Crippen LogP contribution in [0.25, 0.3) is 22.0 Å². The summed E-state index contributed by atoms with van der Waals surface area (Å²) in [6, 6.07) is 20.9. The number of aryl methyl sites for hydroxylation is 1. The fraction of sp³-hybridized carbons (Fsp3) is 0.0333. The molecule has 0 saturated heterocycles. The molecule has 0 spiro atoms. The van der Waals surface area contributed by atoms with Crippen LogP contribution in [0.15, 0.2) is 86.8 Å². The predicted octanol–water partition coefficient (Wildman–Crippen LogP) is 9.61. The maximum atomic E-state index is 13.4. The molecule has 0 fully saturated rings. The van der Waals surface area contributed by atoms with Gasteiger partial charge in [-0.2, -0.15) is 5.10 Å². The van der Waals surface area contributed by atoms with Gasteiger partial charge in [0.05, 0.1) is 21.3 Å². The van der Waals surface area contributed by atoms with Gasteiger partial charge in [-0.25, -0.2) is 10.2 Å². The maximum absolute atomic E-state index is 13.4. The van der Waals surface area contributed by atoms with Gasteiger partial charge in [0.1, 0.15) is 5.69 Å². The number of nitrogens with one attached hydrogen (secondary N) is 2. The van der Waals surface area contributed by atoms with Gasteiger partial charge in [0, 0.05) is 42.1 Å². The molecular formula is C30H18Br2Cl3N3O3. The fourth-order valence-electron chi connectivity index (χ4n) is 4.19. The van der Waals surface area contributed by atoms with Crippen LogP contribution in [0.4, 0.5) is 0 Å². The van der Waals surface area contributed by atoms with Gasteiger partial charge in [-0.15, -0.1) is 0 Å². The molecule has 0 atom stereocenters. The van der Waals surface area contributed by atoms with Crippen LogP contribution >= 0.6 is 66.7 Å². The van der Waals surface area contributed by atoms with Crippen molar-refractivity contribution in [3.8, 4) is 16.9 Å². The average Bonchev–Trinajstić information content (AvgIpc) is 3.30. The van der Waals surface area contributed by atoms with Crippen molar-refractivity contribution in [2.45, 2.75) is 6.92 Å². The van der Waals surface area contributed by atoms with E-state index in [1.807, 2.05) is 25.1 Å². The molecule has 0 saturated carbocycles. The molecule has 0 bridgehead atoms. The molecule has 0 aliphatic heterocycles. The molecular weight excluding hydrogens is 717 g/mol. The molecule has 4 aromatic carbocycles. The number of nitrogens with zero attached hydrogens (tertiary/aromatic N) is 1. The summed E-state index contributed by atoms with van der Waals surface area (Å²) in [5.41, 5.74) is 6.27. The summed E-state index contributed by atoms with van der Waals surface area (Å²) in [4.78, 5) is 29.4. The molecule has 5 rings (SSSR count). The van der Waals surface area contributed by atoms with E-state index in [0.29, 0.717) is 57.2 Å². The first-order valence-electron chi connectivity index (χ1n) is 12.0. The van der Waals surface area contributed by atoms with E-state index in [1.54, 1.807) is 54.6 Å². The molecule has 1 aromatic heterocycles. The second-order valence-corrected chi connectivity index (χ2v) is 11.9. The van der Waals surface area contributed by atoms with E-state index >= 15 is 0 Å². The zero-order valence-corrected chi connectivity index (χ0v) is 26.5. The Morgan fingerprint density at radius 3 is 2.41 bits per heavy atom. The van der Waals surface area contributed by atoms with Crippen LogP contribution < -0.4 is 10.2 Å². The molecule has 2 N–H and O–H groups in total. The minimum atomic E-state index is -0.549. The first kappa shape index (κ1) is 29.4. The van der Waals surface area contributed by atoms with Crippen LogP contribution in [0.1, 0.15) is 32.0 Å². The van der Waals surface area contributed by atoms with Crippen LogP contribution in [0.2, 0.25) is 15.1 Å². The number of amides is 1. The van der Waals surface area contributed by atoms with E-state index in [4.69, 9.17) is 39.5 Å². The second kappa shape index (κ2) is 12.4. The lowest BCUT2D eigenvalue weighted by Gasteiger charge is -2.11. The Morgan fingerprint density at radius 2 is 1.68 bits per heavy atom. The van der Waals surface area contributed by atoms with Gasteiger partial charge >= 0.3 is 5.97 Å². The highest BCUT2D eigenvalue weighted by Crippen LogP contribution is 2.41. The molecule has 1 amide bonds. The first-order valence-corrected chi connectivity index (χ1v) is 14.7. The third-order valence-electron chi connectivity index (χ3n) is 6.07. The molecule has 0 radical (unpaired) electrons. The third kappa shape index (κ3) is 6.37. The number of hydrazone groups is 1. The fourth-order valence-corrected chi connectivity index (χ4v) is 6.35. The molecule has 0 aliphatic rings. The van der Waals surface area contributed by atoms with E-state index in [2.05, 4.69) is 47.4 Å². The highest BCUT2D eigenvalue weighted by Gasteiger charge is 2.23. The van der Waals surface area contributed by atoms with E-state index in [0.717, 1.165) is 5.56 Å². The lowest BCUT2D eigenvalue weighted by atomic mass is 10.0. The zero-order valence-electron chi connectivity index (χ0n) is 21.1. The Hall–Kier alpha value is -3.14. The summed E-state index contributed by atoms with van der Waals surface area (Å²) in [5, 5.41) is 5.96. The average molecular weight is 735 g/mol. The molecule has 0 aliphatic carbocycles. The molecule has 1 heterocycles. The number of hydrogen-bond donors (Lipinski definition) is 2. The number of fused-ring (bicyclic) bond motifs is 1. The number of hydrogen-bond acceptors (Lipinski definition) is 4. The van der Waals surface area contributed by atoms with Crippen molar-refractivity contribution in [3.63, 3.8) is 0 Å². The van der Waals surface area contributed by atoms with Gasteiger partial charge in [0.25, 0.3) is 5.91 Å². The van der Waals surface area contributed by atoms with Gasteiger partial charge < -0.3 is 9.72 Å². The van der Waals surface area contributed by atoms with Crippen molar-refractivity contribution in [1.82, 2.24) is 10.4 Å². The van der Waals surface area contributed by atoms with Gasteiger partial charge in [-0.3, -0.25) is 4.79 Å². The Balaban J connectivity index is 1.47. The number of benzene rings is 4. The topological polar surface area (TPSA) is 83.5 Å². The standard InChI is InChI=1S/C30H18Br2Cl3N3O3/c1-15-6-8-16(9-7-15)30(40)41-28-17(10-18(31)11-21(28)32)14-36-38-29(39)27-25(20-4-2-3-5-22(20)34)26-23(35)12-19(33)13-24(26)37-27/h2-14,37H,1H3,(H,38,39). The maximum Gasteiger partial charge on any atom is 0.343 e. The molecule has 5 aromatic rings. The van der Waals surface area contributed by atoms with Crippen LogP contribution in [-0.4, -0.2) is 23.1 Å². The van der Waals surface area contributed by atoms with E-state index in [-0.39, 0.29) is 11.4 Å². The minimum absolute atomic E-state index is 0.191. The summed E-state index contributed by atoms with van der Waals surface area (Å²) in [5.74, 6) is -0.850. The number of carbonyl (C=O) groups excluding carboxylic acids is 2. The summed E-state index contributed by atoms with van der Waals surface area (Å²) >= 11 is 26.2. The number of rotatable bonds is 6. The van der Waals surface area contributed by atoms with Crippen molar-refractivity contribution in [2.24, 2.45) is 5.10 Å². The lowest BCUT2D eigenvalue weighted by Crippen LogP contribution is -2.19. The van der Waals surface area contributed by atoms with Crippen LogP contribution in [-0.2, 0) is 0 Å². The molecule has 0 unspecified atom stereocenters. The minimum Gasteiger partial charge on any atom is -0.421 e. The van der Waals surface area contributed by atoms with Gasteiger partial charge in [-0.05, 0) is 65.3 Å². The quantitative estimate of drug-likeness (QED) is 0.0789. The Kier molecular flexibility index (Phi) is 8.87. The summed E-state index contributed by atoms with van der Waals surface area (Å²) < 4.78 is 6.92. The molecule has 41 heavy (non-hydrogen) atoms. The Labute approximate surface area is 266 Å². The van der Waals surface area contributed by atoms with Crippen LogP contribution in [0.3, 0.4) is 0 Å². The SMILES string of the molecule is Cc1ccc(C(=O)Oc2c(Br)cc(Br)cc2C=NNC(=O)c2[nH]c3cc(Cl)cc(Cl)c3c2-c2ccccc2Cl)cc1. The number of esters is 1. The lowest BCUT2D eigenvalue weighted by molar-refractivity contribution is 0.0733. The normalized spacial score (nSPS) is 11.3. The molecule has 11 heteroatoms. The second-order valence-electron chi connectivity index (χ2n) is 8.93. The van der Waals surface area contributed by atoms with Gasteiger partial charge in [-0.1, -0.05) is 86.6 Å². The number of aromatic amines is 1. The number of aromatic nitrogens is 1. The molecule has 6 nitrogen and oxygen atoms in total. The van der Waals surface area contributed by atoms with Crippen LogP contribution in [0.5, 0.6) is 5.75 Å².